The van der Waals surface area contributed by atoms with E-state index in [1.165, 1.54) is 34.9 Å². The monoisotopic (exact) mass is 533 g/mol. The fourth-order valence-corrected chi connectivity index (χ4v) is 8.95. The first-order chi connectivity index (χ1) is 16.3. The zero-order valence-electron chi connectivity index (χ0n) is 19.5. The Morgan fingerprint density at radius 1 is 0.559 bits per heavy atom. The van der Waals surface area contributed by atoms with Crippen LogP contribution in [0.1, 0.15) is 24.8 Å². The molecule has 0 spiro atoms. The van der Waals surface area contributed by atoms with Crippen molar-refractivity contribution in [1.82, 2.24) is 5.32 Å². The molecule has 0 aliphatic rings. The fourth-order valence-electron chi connectivity index (χ4n) is 4.54. The zero-order chi connectivity index (χ0) is 22.8. The highest BCUT2D eigenvalue weighted by molar-refractivity contribution is 7.95. The van der Waals surface area contributed by atoms with Gasteiger partial charge in [-0.05, 0) is 68.3 Å². The number of unbranched alkanes of at least 4 members (excludes halogenated alkanes) is 2. The van der Waals surface area contributed by atoms with Gasteiger partial charge >= 0.3 is 0 Å². The van der Waals surface area contributed by atoms with Crippen molar-refractivity contribution in [3.05, 3.63) is 121 Å². The van der Waals surface area contributed by atoms with Gasteiger partial charge in [0.2, 0.25) is 0 Å². The summed E-state index contributed by atoms with van der Waals surface area (Å²) in [5.74, 6) is 0.369. The van der Waals surface area contributed by atoms with Gasteiger partial charge in [-0.1, -0.05) is 72.8 Å². The summed E-state index contributed by atoms with van der Waals surface area (Å²) in [6.07, 6.45) is 4.67. The van der Waals surface area contributed by atoms with Gasteiger partial charge in [-0.2, -0.15) is 0 Å². The van der Waals surface area contributed by atoms with E-state index in [4.69, 9.17) is 0 Å². The van der Waals surface area contributed by atoms with Crippen LogP contribution in [0.5, 0.6) is 5.75 Å². The summed E-state index contributed by atoms with van der Waals surface area (Å²) in [7, 11) is -1.72. The molecule has 4 heteroatoms. The Morgan fingerprint density at radius 2 is 1.03 bits per heavy atom. The van der Waals surface area contributed by atoms with E-state index in [1.807, 2.05) is 18.2 Å². The number of benzene rings is 4. The average Bonchev–Trinajstić information content (AvgIpc) is 2.88. The molecule has 0 atom stereocenters. The molecular formula is C30H33BrNOP. The van der Waals surface area contributed by atoms with Crippen LogP contribution in [-0.4, -0.2) is 17.8 Å². The van der Waals surface area contributed by atoms with Crippen LogP contribution in [0.15, 0.2) is 115 Å². The molecule has 0 aliphatic carbocycles. The highest BCUT2D eigenvalue weighted by atomic mass is 79.9. The van der Waals surface area contributed by atoms with Gasteiger partial charge in [0.05, 0.1) is 6.16 Å². The smallest absolute Gasteiger partial charge is 0.120 e. The standard InChI is InChI=1S/C30H32NOP.BrH/c32-30-22-12-11-15-26(30)25-31-23-13-4-14-24-33(27-16-5-1-6-17-27,28-18-7-2-8-19-28)29-20-9-3-10-21-29;/h1-3,5-12,15-22,31H,4,13-14,23-25H2;1H. The predicted molar refractivity (Wildman–Crippen MR) is 144 cm³/mol. The number of para-hydroxylation sites is 1. The average molecular weight is 534 g/mol. The van der Waals surface area contributed by atoms with Crippen molar-refractivity contribution >= 4 is 23.2 Å². The first-order valence-corrected chi connectivity index (χ1v) is 13.8. The summed E-state index contributed by atoms with van der Waals surface area (Å²) in [4.78, 5) is 0. The third kappa shape index (κ3) is 6.36. The largest absolute Gasteiger partial charge is 1.00 e. The highest BCUT2D eigenvalue weighted by Crippen LogP contribution is 2.55. The molecule has 0 heterocycles. The van der Waals surface area contributed by atoms with E-state index in [0.29, 0.717) is 12.3 Å². The molecule has 0 amide bonds. The van der Waals surface area contributed by atoms with Gasteiger partial charge in [0, 0.05) is 12.1 Å². The molecule has 0 bridgehead atoms. The molecule has 34 heavy (non-hydrogen) atoms. The molecular weight excluding hydrogens is 501 g/mol. The van der Waals surface area contributed by atoms with Gasteiger partial charge in [-0.15, -0.1) is 0 Å². The fraction of sp³-hybridized carbons (Fsp3) is 0.200. The lowest BCUT2D eigenvalue weighted by molar-refractivity contribution is -0.00000751. The summed E-state index contributed by atoms with van der Waals surface area (Å²) in [6.45, 7) is 1.67. The third-order valence-electron chi connectivity index (χ3n) is 6.25. The van der Waals surface area contributed by atoms with Gasteiger partial charge in [0.1, 0.15) is 28.9 Å². The maximum absolute atomic E-state index is 9.93. The van der Waals surface area contributed by atoms with Crippen LogP contribution in [-0.2, 0) is 6.54 Å². The Hall–Kier alpha value is -2.45. The number of aromatic hydroxyl groups is 1. The lowest BCUT2D eigenvalue weighted by Gasteiger charge is -2.27. The van der Waals surface area contributed by atoms with Crippen LogP contribution >= 0.6 is 7.26 Å². The second-order valence-electron chi connectivity index (χ2n) is 8.41. The Kier molecular flexibility index (Phi) is 10.3. The minimum Gasteiger partial charge on any atom is -1.00 e. The van der Waals surface area contributed by atoms with Crippen molar-refractivity contribution in [1.29, 1.82) is 0 Å². The van der Waals surface area contributed by atoms with Crippen molar-refractivity contribution in [2.24, 2.45) is 0 Å². The molecule has 0 fully saturated rings. The number of hydrogen-bond donors (Lipinski definition) is 2. The van der Waals surface area contributed by atoms with Crippen LogP contribution in [0.3, 0.4) is 0 Å². The lowest BCUT2D eigenvalue weighted by Crippen LogP contribution is -3.00. The highest BCUT2D eigenvalue weighted by Gasteiger charge is 2.44. The van der Waals surface area contributed by atoms with Crippen molar-refractivity contribution in [3.63, 3.8) is 0 Å². The number of nitrogens with one attached hydrogen (secondary N) is 1. The number of rotatable bonds is 11. The molecule has 0 aromatic heterocycles. The van der Waals surface area contributed by atoms with Crippen LogP contribution in [0, 0.1) is 0 Å². The Labute approximate surface area is 215 Å². The van der Waals surface area contributed by atoms with Gasteiger partial charge in [0.25, 0.3) is 0 Å². The number of phenols is 1. The van der Waals surface area contributed by atoms with Gasteiger partial charge in [-0.25, -0.2) is 0 Å². The SMILES string of the molecule is Oc1ccccc1CNCCCCC[P+](c1ccccc1)(c1ccccc1)c1ccccc1.[Br-]. The van der Waals surface area contributed by atoms with E-state index in [0.717, 1.165) is 18.5 Å². The molecule has 176 valence electrons. The Bertz CT molecular complexity index is 1010. The summed E-state index contributed by atoms with van der Waals surface area (Å²) in [5, 5.41) is 17.8. The van der Waals surface area contributed by atoms with E-state index >= 15 is 0 Å². The van der Waals surface area contributed by atoms with E-state index in [1.54, 1.807) is 6.07 Å². The molecule has 0 saturated carbocycles. The van der Waals surface area contributed by atoms with E-state index < -0.39 is 7.26 Å². The number of phenolic OH excluding ortho intramolecular Hbond substituents is 1. The second kappa shape index (κ2) is 13.4. The van der Waals surface area contributed by atoms with Crippen LogP contribution in [0.25, 0.3) is 0 Å². The van der Waals surface area contributed by atoms with E-state index in [9.17, 15) is 5.11 Å². The lowest BCUT2D eigenvalue weighted by atomic mass is 10.2. The van der Waals surface area contributed by atoms with Crippen LogP contribution in [0.4, 0.5) is 0 Å². The molecule has 2 nitrogen and oxygen atoms in total. The normalized spacial score (nSPS) is 11.1. The quantitative estimate of drug-likeness (QED) is 0.229. The maximum atomic E-state index is 9.93. The topological polar surface area (TPSA) is 32.3 Å². The minimum absolute atomic E-state index is 0. The predicted octanol–water partition coefficient (Wildman–Crippen LogP) is 2.65. The second-order valence-corrected chi connectivity index (χ2v) is 12.0. The molecule has 0 aliphatic heterocycles. The molecule has 4 aromatic carbocycles. The van der Waals surface area contributed by atoms with Crippen molar-refractivity contribution < 1.29 is 22.1 Å². The first-order valence-electron chi connectivity index (χ1n) is 11.8. The molecule has 4 aromatic rings. The number of halogens is 1. The van der Waals surface area contributed by atoms with Crippen molar-refractivity contribution in [2.45, 2.75) is 25.8 Å². The van der Waals surface area contributed by atoms with Crippen LogP contribution in [0.2, 0.25) is 0 Å². The van der Waals surface area contributed by atoms with Gasteiger partial charge in [-0.3, -0.25) is 0 Å². The molecule has 0 radical (unpaired) electrons. The van der Waals surface area contributed by atoms with E-state index in [2.05, 4.69) is 96.3 Å². The van der Waals surface area contributed by atoms with E-state index in [-0.39, 0.29) is 17.0 Å². The maximum Gasteiger partial charge on any atom is 0.120 e. The van der Waals surface area contributed by atoms with Crippen LogP contribution < -0.4 is 38.2 Å². The summed E-state index contributed by atoms with van der Waals surface area (Å²) < 4.78 is 0. The van der Waals surface area contributed by atoms with Crippen molar-refractivity contribution in [2.75, 3.05) is 12.7 Å². The zero-order valence-corrected chi connectivity index (χ0v) is 22.0. The molecule has 0 saturated heterocycles. The number of hydrogen-bond acceptors (Lipinski definition) is 2. The summed E-state index contributed by atoms with van der Waals surface area (Å²) >= 11 is 0. The third-order valence-corrected chi connectivity index (χ3v) is 10.8. The Balaban J connectivity index is 0.00000324. The molecule has 0 unspecified atom stereocenters. The van der Waals surface area contributed by atoms with Gasteiger partial charge < -0.3 is 27.4 Å². The minimum atomic E-state index is -1.72. The van der Waals surface area contributed by atoms with Gasteiger partial charge in [0.15, 0.2) is 0 Å². The summed E-state index contributed by atoms with van der Waals surface area (Å²) in [5.41, 5.74) is 0.958. The summed E-state index contributed by atoms with van der Waals surface area (Å²) in [6, 6.07) is 40.9. The molecule has 2 N–H and O–H groups in total. The molecule has 4 rings (SSSR count). The Morgan fingerprint density at radius 3 is 1.53 bits per heavy atom. The van der Waals surface area contributed by atoms with Crippen molar-refractivity contribution in [3.8, 4) is 5.75 Å². The first kappa shape index (κ1) is 26.2.